The lowest BCUT2D eigenvalue weighted by molar-refractivity contribution is -0.126. The fourth-order valence-electron chi connectivity index (χ4n) is 1.99. The number of amides is 1. The number of hydrogen-bond acceptors (Lipinski definition) is 2. The molecular weight excluding hydrogens is 328 g/mol. The predicted molar refractivity (Wildman–Crippen MR) is 83.3 cm³/mol. The van der Waals surface area contributed by atoms with E-state index >= 15 is 0 Å². The van der Waals surface area contributed by atoms with Crippen molar-refractivity contribution < 1.29 is 4.79 Å². The van der Waals surface area contributed by atoms with Crippen LogP contribution in [0.2, 0.25) is 0 Å². The maximum atomic E-state index is 12.1. The van der Waals surface area contributed by atoms with Gasteiger partial charge in [0.25, 0.3) is 0 Å². The van der Waals surface area contributed by atoms with Gasteiger partial charge < -0.3 is 11.1 Å². The highest BCUT2D eigenvalue weighted by Crippen LogP contribution is 2.46. The Morgan fingerprint density at radius 3 is 2.53 bits per heavy atom. The molecule has 19 heavy (non-hydrogen) atoms. The van der Waals surface area contributed by atoms with Gasteiger partial charge in [0.1, 0.15) is 0 Å². The molecule has 1 fully saturated rings. The van der Waals surface area contributed by atoms with E-state index in [9.17, 15) is 4.79 Å². The van der Waals surface area contributed by atoms with Gasteiger partial charge in [0.2, 0.25) is 5.91 Å². The van der Waals surface area contributed by atoms with Crippen molar-refractivity contribution in [2.45, 2.75) is 38.3 Å². The fraction of sp³-hybridized carbons (Fsp3) is 0.500. The van der Waals surface area contributed by atoms with Crippen molar-refractivity contribution in [1.29, 1.82) is 0 Å². The normalized spacial score (nSPS) is 18.9. The Labute approximate surface area is 128 Å². The quantitative estimate of drug-likeness (QED) is 0.880. The number of halogens is 2. The van der Waals surface area contributed by atoms with E-state index in [4.69, 9.17) is 5.73 Å². The number of nitrogens with one attached hydrogen (secondary N) is 1. The molecule has 106 valence electrons. The Balaban J connectivity index is 0.00000180. The predicted octanol–water partition coefficient (Wildman–Crippen LogP) is 2.96. The molecule has 2 atom stereocenters. The van der Waals surface area contributed by atoms with E-state index < -0.39 is 0 Å². The highest BCUT2D eigenvalue weighted by Gasteiger charge is 2.46. The first-order valence-electron chi connectivity index (χ1n) is 6.28. The molecule has 1 aromatic rings. The smallest absolute Gasteiger partial charge is 0.225 e. The third-order valence-electron chi connectivity index (χ3n) is 3.69. The number of hydrogen-bond donors (Lipinski definition) is 2. The van der Waals surface area contributed by atoms with Crippen LogP contribution < -0.4 is 11.1 Å². The van der Waals surface area contributed by atoms with Crippen molar-refractivity contribution in [1.82, 2.24) is 5.32 Å². The monoisotopic (exact) mass is 346 g/mol. The van der Waals surface area contributed by atoms with E-state index in [2.05, 4.69) is 33.4 Å². The number of carbonyl (C=O) groups is 1. The second kappa shape index (κ2) is 6.25. The Morgan fingerprint density at radius 1 is 1.42 bits per heavy atom. The molecule has 2 unspecified atom stereocenters. The van der Waals surface area contributed by atoms with E-state index in [0.29, 0.717) is 0 Å². The molecule has 1 aliphatic carbocycles. The van der Waals surface area contributed by atoms with Crippen molar-refractivity contribution in [3.63, 3.8) is 0 Å². The van der Waals surface area contributed by atoms with Crippen LogP contribution in [0.15, 0.2) is 28.7 Å². The molecule has 0 bridgehead atoms. The Bertz CT molecular complexity index is 461. The van der Waals surface area contributed by atoms with Gasteiger partial charge in [-0.15, -0.1) is 12.4 Å². The third kappa shape index (κ3) is 3.71. The van der Waals surface area contributed by atoms with Crippen molar-refractivity contribution in [2.24, 2.45) is 11.7 Å². The summed E-state index contributed by atoms with van der Waals surface area (Å²) in [5.74, 6) is -0.114. The zero-order valence-electron chi connectivity index (χ0n) is 11.2. The van der Waals surface area contributed by atoms with Gasteiger partial charge in [-0.05, 0) is 37.5 Å². The second-order valence-corrected chi connectivity index (χ2v) is 6.15. The molecule has 1 amide bonds. The summed E-state index contributed by atoms with van der Waals surface area (Å²) >= 11 is 3.47. The van der Waals surface area contributed by atoms with Crippen LogP contribution in [0, 0.1) is 5.92 Å². The zero-order valence-corrected chi connectivity index (χ0v) is 13.6. The standard InChI is InChI=1S/C14H19BrN2O.ClH/c1-9(10(2)16)13(18)17-14(6-7-14)11-4-3-5-12(15)8-11;/h3-5,8-10H,6-7,16H2,1-2H3,(H,17,18);1H. The van der Waals surface area contributed by atoms with Crippen LogP contribution in [0.25, 0.3) is 0 Å². The van der Waals surface area contributed by atoms with E-state index in [1.165, 1.54) is 5.56 Å². The maximum absolute atomic E-state index is 12.1. The summed E-state index contributed by atoms with van der Waals surface area (Å²) in [4.78, 5) is 12.1. The summed E-state index contributed by atoms with van der Waals surface area (Å²) in [6.45, 7) is 3.74. The van der Waals surface area contributed by atoms with Gasteiger partial charge in [0.15, 0.2) is 0 Å². The van der Waals surface area contributed by atoms with Gasteiger partial charge in [0.05, 0.1) is 5.54 Å². The minimum Gasteiger partial charge on any atom is -0.346 e. The lowest BCUT2D eigenvalue weighted by Crippen LogP contribution is -2.43. The van der Waals surface area contributed by atoms with Gasteiger partial charge in [0, 0.05) is 16.4 Å². The van der Waals surface area contributed by atoms with Crippen LogP contribution >= 0.6 is 28.3 Å². The van der Waals surface area contributed by atoms with Crippen molar-refractivity contribution >= 4 is 34.2 Å². The molecule has 0 aliphatic heterocycles. The molecule has 2 rings (SSSR count). The maximum Gasteiger partial charge on any atom is 0.225 e. The minimum absolute atomic E-state index is 0. The second-order valence-electron chi connectivity index (χ2n) is 5.23. The molecule has 5 heteroatoms. The van der Waals surface area contributed by atoms with E-state index in [1.54, 1.807) is 0 Å². The SMILES string of the molecule is CC(N)C(C)C(=O)NC1(c2cccc(Br)c2)CC1.Cl. The average Bonchev–Trinajstić information content (AvgIpc) is 3.09. The Kier molecular flexibility index (Phi) is 5.42. The van der Waals surface area contributed by atoms with Crippen LogP contribution in [-0.2, 0) is 10.3 Å². The molecule has 0 radical (unpaired) electrons. The Hall–Kier alpha value is -0.580. The lowest BCUT2D eigenvalue weighted by Gasteiger charge is -2.22. The van der Waals surface area contributed by atoms with Crippen molar-refractivity contribution in [3.8, 4) is 0 Å². The van der Waals surface area contributed by atoms with Crippen LogP contribution in [0.1, 0.15) is 32.3 Å². The molecule has 0 spiro atoms. The van der Waals surface area contributed by atoms with Gasteiger partial charge in [-0.1, -0.05) is 35.0 Å². The molecule has 3 N–H and O–H groups in total. The molecule has 0 aromatic heterocycles. The van der Waals surface area contributed by atoms with Crippen molar-refractivity contribution in [3.05, 3.63) is 34.3 Å². The number of rotatable bonds is 4. The third-order valence-corrected chi connectivity index (χ3v) is 4.19. The van der Waals surface area contributed by atoms with Crippen LogP contribution in [0.5, 0.6) is 0 Å². The summed E-state index contributed by atoms with van der Waals surface area (Å²) in [7, 11) is 0. The number of carbonyl (C=O) groups excluding carboxylic acids is 1. The molecule has 1 aliphatic rings. The molecule has 1 aromatic carbocycles. The molecule has 0 heterocycles. The van der Waals surface area contributed by atoms with Gasteiger partial charge >= 0.3 is 0 Å². The molecule has 0 saturated heterocycles. The van der Waals surface area contributed by atoms with Gasteiger partial charge in [-0.2, -0.15) is 0 Å². The van der Waals surface area contributed by atoms with Crippen LogP contribution in [0.4, 0.5) is 0 Å². The number of benzene rings is 1. The molecule has 3 nitrogen and oxygen atoms in total. The summed E-state index contributed by atoms with van der Waals surface area (Å²) in [5.41, 5.74) is 6.78. The lowest BCUT2D eigenvalue weighted by atomic mass is 10.0. The minimum atomic E-state index is -0.163. The first-order valence-corrected chi connectivity index (χ1v) is 7.07. The summed E-state index contributed by atoms with van der Waals surface area (Å²) < 4.78 is 1.04. The topological polar surface area (TPSA) is 55.1 Å². The summed E-state index contributed by atoms with van der Waals surface area (Å²) in [6, 6.07) is 8.01. The van der Waals surface area contributed by atoms with E-state index in [0.717, 1.165) is 17.3 Å². The van der Waals surface area contributed by atoms with E-state index in [-0.39, 0.29) is 35.8 Å². The first kappa shape index (κ1) is 16.5. The van der Waals surface area contributed by atoms with E-state index in [1.807, 2.05) is 26.0 Å². The largest absolute Gasteiger partial charge is 0.346 e. The van der Waals surface area contributed by atoms with Crippen LogP contribution in [-0.4, -0.2) is 11.9 Å². The Morgan fingerprint density at radius 2 is 2.05 bits per heavy atom. The molecular formula is C14H20BrClN2O. The average molecular weight is 348 g/mol. The van der Waals surface area contributed by atoms with Crippen molar-refractivity contribution in [2.75, 3.05) is 0 Å². The highest BCUT2D eigenvalue weighted by molar-refractivity contribution is 9.10. The zero-order chi connectivity index (χ0) is 13.3. The molecule has 1 saturated carbocycles. The van der Waals surface area contributed by atoms with Gasteiger partial charge in [-0.3, -0.25) is 4.79 Å². The fourth-order valence-corrected chi connectivity index (χ4v) is 2.38. The van der Waals surface area contributed by atoms with Crippen LogP contribution in [0.3, 0.4) is 0 Å². The van der Waals surface area contributed by atoms with Gasteiger partial charge in [-0.25, -0.2) is 0 Å². The number of nitrogens with two attached hydrogens (primary N) is 1. The highest BCUT2D eigenvalue weighted by atomic mass is 79.9. The summed E-state index contributed by atoms with van der Waals surface area (Å²) in [6.07, 6.45) is 2.00. The first-order chi connectivity index (χ1) is 8.44. The summed E-state index contributed by atoms with van der Waals surface area (Å²) in [5, 5.41) is 3.15.